The van der Waals surface area contributed by atoms with Gasteiger partial charge < -0.3 is 0 Å². The number of fused-ring (bicyclic) bond motifs is 5. The first-order valence-corrected chi connectivity index (χ1v) is 12.4. The third-order valence-electron chi connectivity index (χ3n) is 7.63. The van der Waals surface area contributed by atoms with Crippen molar-refractivity contribution in [2.24, 2.45) is 23.7 Å². The molecule has 0 unspecified atom stereocenters. The summed E-state index contributed by atoms with van der Waals surface area (Å²) in [5.41, 5.74) is -0.349. The summed E-state index contributed by atoms with van der Waals surface area (Å²) in [7, 11) is -3.76. The zero-order valence-corrected chi connectivity index (χ0v) is 18.1. The average molecular weight is 461 g/mol. The van der Waals surface area contributed by atoms with E-state index in [0.717, 1.165) is 42.1 Å². The highest BCUT2D eigenvalue weighted by Crippen LogP contribution is 2.59. The Labute approximate surface area is 185 Å². The van der Waals surface area contributed by atoms with E-state index in [1.165, 1.54) is 11.6 Å². The van der Waals surface area contributed by atoms with Gasteiger partial charge in [-0.2, -0.15) is 18.4 Å². The molecule has 5 atom stereocenters. The lowest BCUT2D eigenvalue weighted by Gasteiger charge is -2.29. The highest BCUT2D eigenvalue weighted by molar-refractivity contribution is 7.93. The normalized spacial score (nSPS) is 30.3. The molecule has 2 aromatic rings. The Morgan fingerprint density at radius 2 is 1.81 bits per heavy atom. The van der Waals surface area contributed by atoms with Crippen molar-refractivity contribution in [1.82, 2.24) is 0 Å². The van der Waals surface area contributed by atoms with Crippen LogP contribution in [0.1, 0.15) is 36.0 Å². The van der Waals surface area contributed by atoms with Crippen molar-refractivity contribution in [2.75, 3.05) is 10.8 Å². The van der Waals surface area contributed by atoms with Crippen molar-refractivity contribution in [2.45, 2.75) is 37.1 Å². The van der Waals surface area contributed by atoms with Crippen molar-refractivity contribution in [3.05, 3.63) is 65.2 Å². The number of rotatable bonds is 4. The van der Waals surface area contributed by atoms with Crippen LogP contribution < -0.4 is 4.31 Å². The lowest BCUT2D eigenvalue weighted by Crippen LogP contribution is -2.36. The summed E-state index contributed by atoms with van der Waals surface area (Å²) in [6.07, 6.45) is -1.01. The van der Waals surface area contributed by atoms with Gasteiger partial charge in [-0.15, -0.1) is 0 Å². The topological polar surface area (TPSA) is 61.2 Å². The minimum Gasteiger partial charge on any atom is -0.270 e. The second-order valence-electron chi connectivity index (χ2n) is 9.22. The van der Waals surface area contributed by atoms with Gasteiger partial charge in [0.15, 0.2) is 0 Å². The van der Waals surface area contributed by atoms with Gasteiger partial charge in [-0.3, -0.25) is 4.31 Å². The zero-order chi connectivity index (χ0) is 22.7. The predicted octanol–water partition coefficient (Wildman–Crippen LogP) is 5.00. The maximum Gasteiger partial charge on any atom is 0.417 e. The van der Waals surface area contributed by atoms with Crippen LogP contribution >= 0.6 is 0 Å². The van der Waals surface area contributed by atoms with E-state index in [9.17, 15) is 21.6 Å². The van der Waals surface area contributed by atoms with Crippen molar-refractivity contribution < 1.29 is 21.6 Å². The number of nitrogens with zero attached hydrogens (tertiary/aromatic N) is 2. The highest BCUT2D eigenvalue weighted by atomic mass is 32.2. The van der Waals surface area contributed by atoms with Crippen LogP contribution in [0.5, 0.6) is 0 Å². The summed E-state index contributed by atoms with van der Waals surface area (Å²) in [6.45, 7) is 0.225. The van der Waals surface area contributed by atoms with Gasteiger partial charge in [0.2, 0.25) is 10.0 Å². The third-order valence-corrected chi connectivity index (χ3v) is 9.99. The molecule has 2 saturated carbocycles. The molecule has 0 amide bonds. The van der Waals surface area contributed by atoms with Gasteiger partial charge in [-0.05, 0) is 73.1 Å². The number of hydrogen-bond donors (Lipinski definition) is 0. The molecule has 5 rings (SSSR count). The van der Waals surface area contributed by atoms with E-state index in [4.69, 9.17) is 5.26 Å². The molecule has 168 valence electrons. The maximum atomic E-state index is 13.5. The van der Waals surface area contributed by atoms with Crippen molar-refractivity contribution in [1.29, 1.82) is 5.26 Å². The van der Waals surface area contributed by atoms with Crippen LogP contribution in [0.15, 0.2) is 48.5 Å². The first-order valence-electron chi connectivity index (χ1n) is 10.9. The molecular formula is C24H23F3N2O2S. The smallest absolute Gasteiger partial charge is 0.270 e. The SMILES string of the molecule is N#Cc1ccc(N2C[C@@H]3[C@@H]4C[C@H](CCc5ccccc5)[C@@H](C4)[C@@H]3S2(=O)=O)cc1C(F)(F)F. The summed E-state index contributed by atoms with van der Waals surface area (Å²) in [4.78, 5) is 0. The molecule has 1 heterocycles. The molecular weight excluding hydrogens is 437 g/mol. The molecule has 1 aliphatic heterocycles. The van der Waals surface area contributed by atoms with Crippen LogP contribution in [0.2, 0.25) is 0 Å². The van der Waals surface area contributed by atoms with Crippen LogP contribution in [-0.2, 0) is 22.6 Å². The number of halogens is 3. The Morgan fingerprint density at radius 3 is 2.50 bits per heavy atom. The molecule has 8 heteroatoms. The van der Waals surface area contributed by atoms with Crippen molar-refractivity contribution in [3.8, 4) is 6.07 Å². The number of aryl methyl sites for hydroxylation is 1. The molecule has 0 radical (unpaired) electrons. The van der Waals surface area contributed by atoms with E-state index in [0.29, 0.717) is 11.8 Å². The van der Waals surface area contributed by atoms with E-state index in [2.05, 4.69) is 12.1 Å². The van der Waals surface area contributed by atoms with Crippen LogP contribution in [0.4, 0.5) is 18.9 Å². The molecule has 2 aliphatic carbocycles. The molecule has 2 aromatic carbocycles. The summed E-state index contributed by atoms with van der Waals surface area (Å²) < 4.78 is 68.4. The minimum atomic E-state index is -4.72. The van der Waals surface area contributed by atoms with E-state index >= 15 is 0 Å². The molecule has 3 fully saturated rings. The summed E-state index contributed by atoms with van der Waals surface area (Å²) in [6, 6.07) is 14.9. The van der Waals surface area contributed by atoms with E-state index in [1.807, 2.05) is 18.2 Å². The van der Waals surface area contributed by atoms with Gasteiger partial charge in [0.05, 0.1) is 28.1 Å². The predicted molar refractivity (Wildman–Crippen MR) is 114 cm³/mol. The van der Waals surface area contributed by atoms with Crippen LogP contribution in [0, 0.1) is 35.0 Å². The summed E-state index contributed by atoms with van der Waals surface area (Å²) in [5.74, 6) is 0.640. The average Bonchev–Trinajstić information content (AvgIpc) is 3.42. The molecule has 2 bridgehead atoms. The molecule has 32 heavy (non-hydrogen) atoms. The van der Waals surface area contributed by atoms with Gasteiger partial charge >= 0.3 is 6.18 Å². The molecule has 3 aliphatic rings. The Bertz CT molecular complexity index is 1170. The van der Waals surface area contributed by atoms with Gasteiger partial charge in [0.25, 0.3) is 0 Å². The molecule has 0 aromatic heterocycles. The largest absolute Gasteiger partial charge is 0.417 e. The van der Waals surface area contributed by atoms with E-state index in [1.54, 1.807) is 6.07 Å². The third kappa shape index (κ3) is 3.38. The monoisotopic (exact) mass is 460 g/mol. The van der Waals surface area contributed by atoms with Gasteiger partial charge in [0, 0.05) is 6.54 Å². The maximum absolute atomic E-state index is 13.5. The van der Waals surface area contributed by atoms with Crippen molar-refractivity contribution in [3.63, 3.8) is 0 Å². The standard InChI is InChI=1S/C24H23F3N2O2S/c25-24(26,27)22-12-19(9-8-17(22)13-28)29-14-21-18-10-16(7-6-15-4-2-1-3-5-15)20(11-18)23(21)32(29,30)31/h1-5,8-9,12,16,18,20-21,23H,6-7,10-11,14H2/t16-,18+,20+,21+,23-/m0/s1. The number of nitriles is 1. The Kier molecular flexibility index (Phi) is 5.01. The number of anilines is 1. The lowest BCUT2D eigenvalue weighted by molar-refractivity contribution is -0.137. The van der Waals surface area contributed by atoms with Crippen LogP contribution in [0.3, 0.4) is 0 Å². The number of benzene rings is 2. The van der Waals surface area contributed by atoms with Gasteiger partial charge in [-0.1, -0.05) is 30.3 Å². The molecule has 4 nitrogen and oxygen atoms in total. The van der Waals surface area contributed by atoms with E-state index < -0.39 is 32.6 Å². The molecule has 0 spiro atoms. The number of alkyl halides is 3. The first-order chi connectivity index (χ1) is 15.2. The van der Waals surface area contributed by atoms with Crippen LogP contribution in [-0.4, -0.2) is 20.2 Å². The van der Waals surface area contributed by atoms with E-state index in [-0.39, 0.29) is 24.1 Å². The Morgan fingerprint density at radius 1 is 1.06 bits per heavy atom. The quantitative estimate of drug-likeness (QED) is 0.645. The molecule has 1 saturated heterocycles. The van der Waals surface area contributed by atoms with Gasteiger partial charge in [-0.25, -0.2) is 8.42 Å². The zero-order valence-electron chi connectivity index (χ0n) is 17.3. The second kappa shape index (κ2) is 7.51. The number of sulfonamides is 1. The minimum absolute atomic E-state index is 0.00552. The fourth-order valence-electron chi connectivity index (χ4n) is 6.28. The highest BCUT2D eigenvalue weighted by Gasteiger charge is 2.62. The lowest BCUT2D eigenvalue weighted by atomic mass is 9.79. The fourth-order valence-corrected chi connectivity index (χ4v) is 8.88. The number of hydrogen-bond acceptors (Lipinski definition) is 3. The fraction of sp³-hybridized carbons (Fsp3) is 0.458. The van der Waals surface area contributed by atoms with Crippen LogP contribution in [0.25, 0.3) is 0 Å². The van der Waals surface area contributed by atoms with Crippen molar-refractivity contribution >= 4 is 15.7 Å². The summed E-state index contributed by atoms with van der Waals surface area (Å²) >= 11 is 0. The first kappa shape index (κ1) is 21.3. The van der Waals surface area contributed by atoms with Gasteiger partial charge in [0.1, 0.15) is 0 Å². The second-order valence-corrected chi connectivity index (χ2v) is 11.2. The Hall–Kier alpha value is -2.53. The molecule has 0 N–H and O–H groups in total. The Balaban J connectivity index is 1.40. The summed E-state index contributed by atoms with van der Waals surface area (Å²) in [5, 5.41) is 8.51.